The lowest BCUT2D eigenvalue weighted by atomic mass is 10.2. The molecule has 3 rings (SSSR count). The van der Waals surface area contributed by atoms with E-state index < -0.39 is 0 Å². The number of phenols is 1. The highest BCUT2D eigenvalue weighted by Crippen LogP contribution is 2.26. The minimum absolute atomic E-state index is 0.291. The van der Waals surface area contributed by atoms with Gasteiger partial charge in [-0.2, -0.15) is 0 Å². The Balaban J connectivity index is 1.89. The second-order valence-corrected chi connectivity index (χ2v) is 5.42. The summed E-state index contributed by atoms with van der Waals surface area (Å²) in [5, 5.41) is 10.5. The third-order valence-electron chi connectivity index (χ3n) is 3.91. The molecule has 1 saturated heterocycles. The van der Waals surface area contributed by atoms with Crippen LogP contribution in [0.15, 0.2) is 30.5 Å². The maximum absolute atomic E-state index is 9.55. The molecular weight excluding hydrogens is 238 g/mol. The van der Waals surface area contributed by atoms with Gasteiger partial charge in [0.25, 0.3) is 0 Å². The Hall–Kier alpha value is -1.81. The fourth-order valence-corrected chi connectivity index (χ4v) is 2.68. The molecule has 1 N–H and O–H groups in total. The molecule has 2 aromatic rings. The number of hydrogen-bond donors (Lipinski definition) is 1. The summed E-state index contributed by atoms with van der Waals surface area (Å²) in [6, 6.07) is 8.01. The van der Waals surface area contributed by atoms with Crippen LogP contribution in [0.1, 0.15) is 6.42 Å². The molecule has 0 aliphatic carbocycles. The smallest absolute Gasteiger partial charge is 0.116 e. The van der Waals surface area contributed by atoms with E-state index in [0.29, 0.717) is 11.8 Å². The van der Waals surface area contributed by atoms with E-state index in [1.807, 2.05) is 12.3 Å². The maximum Gasteiger partial charge on any atom is 0.116 e. The average Bonchev–Trinajstić information content (AvgIpc) is 2.87. The van der Waals surface area contributed by atoms with Gasteiger partial charge in [-0.25, -0.2) is 0 Å². The third-order valence-corrected chi connectivity index (χ3v) is 3.91. The third kappa shape index (κ3) is 2.36. The van der Waals surface area contributed by atoms with Crippen molar-refractivity contribution >= 4 is 16.6 Å². The molecule has 0 unspecified atom stereocenters. The van der Waals surface area contributed by atoms with E-state index in [4.69, 9.17) is 0 Å². The molecule has 0 spiro atoms. The van der Waals surface area contributed by atoms with Gasteiger partial charge in [0, 0.05) is 24.5 Å². The predicted octanol–water partition coefficient (Wildman–Crippen LogP) is 2.08. The fraction of sp³-hybridized carbons (Fsp3) is 0.400. The lowest BCUT2D eigenvalue weighted by Crippen LogP contribution is -2.31. The first kappa shape index (κ1) is 12.2. The normalized spacial score (nSPS) is 19.5. The van der Waals surface area contributed by atoms with Gasteiger partial charge in [-0.15, -0.1) is 0 Å². The van der Waals surface area contributed by atoms with Crippen molar-refractivity contribution in [3.05, 3.63) is 30.5 Å². The van der Waals surface area contributed by atoms with Crippen LogP contribution < -0.4 is 4.90 Å². The highest BCUT2D eigenvalue weighted by molar-refractivity contribution is 5.83. The number of fused-ring (bicyclic) bond motifs is 1. The number of anilines is 1. The van der Waals surface area contributed by atoms with Crippen LogP contribution in [0.2, 0.25) is 0 Å². The summed E-state index contributed by atoms with van der Waals surface area (Å²) < 4.78 is 0. The number of aromatic hydroxyl groups is 1. The molecule has 0 saturated carbocycles. The van der Waals surface area contributed by atoms with Gasteiger partial charge >= 0.3 is 0 Å². The van der Waals surface area contributed by atoms with Crippen LogP contribution in [-0.4, -0.2) is 48.2 Å². The number of phenolic OH excluding ortho intramolecular Hbond substituents is 1. The molecule has 0 radical (unpaired) electrons. The minimum atomic E-state index is 0.291. The van der Waals surface area contributed by atoms with Gasteiger partial charge in [-0.1, -0.05) is 0 Å². The molecule has 1 aromatic heterocycles. The molecule has 1 aliphatic rings. The topological polar surface area (TPSA) is 39.6 Å². The van der Waals surface area contributed by atoms with E-state index in [1.165, 1.54) is 6.42 Å². The summed E-state index contributed by atoms with van der Waals surface area (Å²) in [6.07, 6.45) is 3.11. The standard InChI is InChI=1S/C15H19N3O/c1-17(2)12-5-6-18(10-12)13-7-11-8-14(19)3-4-15(11)16-9-13/h3-4,7-9,12,19H,5-6,10H2,1-2H3/t12-/m0/s1. The lowest BCUT2D eigenvalue weighted by Gasteiger charge is -2.21. The van der Waals surface area contributed by atoms with Crippen molar-refractivity contribution in [3.63, 3.8) is 0 Å². The second kappa shape index (κ2) is 4.70. The van der Waals surface area contributed by atoms with Crippen molar-refractivity contribution in [2.75, 3.05) is 32.1 Å². The second-order valence-electron chi connectivity index (χ2n) is 5.42. The highest BCUT2D eigenvalue weighted by Gasteiger charge is 2.24. The summed E-state index contributed by atoms with van der Waals surface area (Å²) in [6.45, 7) is 2.11. The molecule has 4 heteroatoms. The lowest BCUT2D eigenvalue weighted by molar-refractivity contribution is 0.315. The first-order chi connectivity index (χ1) is 9.13. The summed E-state index contributed by atoms with van der Waals surface area (Å²) in [7, 11) is 4.26. The van der Waals surface area contributed by atoms with Gasteiger partial charge in [0.05, 0.1) is 17.4 Å². The number of nitrogens with zero attached hydrogens (tertiary/aromatic N) is 3. The van der Waals surface area contributed by atoms with Gasteiger partial charge in [0.2, 0.25) is 0 Å². The van der Waals surface area contributed by atoms with Gasteiger partial charge in [0.1, 0.15) is 5.75 Å². The molecule has 2 heterocycles. The Morgan fingerprint density at radius 3 is 2.89 bits per heavy atom. The zero-order chi connectivity index (χ0) is 13.4. The Kier molecular flexibility index (Phi) is 3.03. The fourth-order valence-electron chi connectivity index (χ4n) is 2.68. The Bertz CT molecular complexity index is 597. The summed E-state index contributed by atoms with van der Waals surface area (Å²) in [5.74, 6) is 0.291. The van der Waals surface area contributed by atoms with Crippen LogP contribution in [0, 0.1) is 0 Å². The number of benzene rings is 1. The Labute approximate surface area is 113 Å². The van der Waals surface area contributed by atoms with Gasteiger partial charge in [-0.3, -0.25) is 4.98 Å². The van der Waals surface area contributed by atoms with Gasteiger partial charge < -0.3 is 14.9 Å². The summed E-state index contributed by atoms with van der Waals surface area (Å²) in [5.41, 5.74) is 2.06. The van der Waals surface area contributed by atoms with Crippen LogP contribution in [0.25, 0.3) is 10.9 Å². The molecule has 100 valence electrons. The van der Waals surface area contributed by atoms with Crippen LogP contribution in [0.5, 0.6) is 5.75 Å². The molecule has 0 bridgehead atoms. The molecule has 4 nitrogen and oxygen atoms in total. The largest absolute Gasteiger partial charge is 0.508 e. The van der Waals surface area contributed by atoms with Crippen molar-refractivity contribution in [2.24, 2.45) is 0 Å². The monoisotopic (exact) mass is 257 g/mol. The SMILES string of the molecule is CN(C)[C@H]1CCN(c2cnc3ccc(O)cc3c2)C1. The molecule has 0 amide bonds. The number of likely N-dealkylation sites (N-methyl/N-ethyl adjacent to an activating group) is 1. The first-order valence-corrected chi connectivity index (χ1v) is 6.63. The molecule has 1 fully saturated rings. The molecular formula is C15H19N3O. The van der Waals surface area contributed by atoms with Crippen LogP contribution >= 0.6 is 0 Å². The summed E-state index contributed by atoms with van der Waals surface area (Å²) in [4.78, 5) is 9.11. The van der Waals surface area contributed by atoms with Crippen molar-refractivity contribution in [3.8, 4) is 5.75 Å². The zero-order valence-corrected chi connectivity index (χ0v) is 11.4. The van der Waals surface area contributed by atoms with Crippen molar-refractivity contribution < 1.29 is 5.11 Å². The Morgan fingerprint density at radius 2 is 2.16 bits per heavy atom. The summed E-state index contributed by atoms with van der Waals surface area (Å²) >= 11 is 0. The predicted molar refractivity (Wildman–Crippen MR) is 77.7 cm³/mol. The van der Waals surface area contributed by atoms with Gasteiger partial charge in [0.15, 0.2) is 0 Å². The molecule has 1 aliphatic heterocycles. The van der Waals surface area contributed by atoms with E-state index in [2.05, 4.69) is 34.9 Å². The van der Waals surface area contributed by atoms with E-state index >= 15 is 0 Å². The number of aromatic nitrogens is 1. The molecule has 19 heavy (non-hydrogen) atoms. The average molecular weight is 257 g/mol. The van der Waals surface area contributed by atoms with Crippen molar-refractivity contribution in [1.29, 1.82) is 0 Å². The number of pyridine rings is 1. The first-order valence-electron chi connectivity index (χ1n) is 6.63. The molecule has 1 atom stereocenters. The van der Waals surface area contributed by atoms with E-state index in [0.717, 1.165) is 29.7 Å². The maximum atomic E-state index is 9.55. The van der Waals surface area contributed by atoms with Crippen molar-refractivity contribution in [2.45, 2.75) is 12.5 Å². The Morgan fingerprint density at radius 1 is 1.32 bits per heavy atom. The van der Waals surface area contributed by atoms with Crippen LogP contribution in [-0.2, 0) is 0 Å². The van der Waals surface area contributed by atoms with Crippen LogP contribution in [0.3, 0.4) is 0 Å². The van der Waals surface area contributed by atoms with Gasteiger partial charge in [-0.05, 0) is 44.8 Å². The molecule has 1 aromatic carbocycles. The van der Waals surface area contributed by atoms with E-state index in [9.17, 15) is 5.11 Å². The quantitative estimate of drug-likeness (QED) is 0.894. The number of rotatable bonds is 2. The van der Waals surface area contributed by atoms with E-state index in [-0.39, 0.29) is 0 Å². The minimum Gasteiger partial charge on any atom is -0.508 e. The van der Waals surface area contributed by atoms with Crippen LogP contribution in [0.4, 0.5) is 5.69 Å². The van der Waals surface area contributed by atoms with E-state index in [1.54, 1.807) is 12.1 Å². The number of hydrogen-bond acceptors (Lipinski definition) is 4. The zero-order valence-electron chi connectivity index (χ0n) is 11.4. The van der Waals surface area contributed by atoms with Crippen molar-refractivity contribution in [1.82, 2.24) is 9.88 Å². The highest BCUT2D eigenvalue weighted by atomic mass is 16.3.